The first-order valence-electron chi connectivity index (χ1n) is 6.28. The van der Waals surface area contributed by atoms with Crippen LogP contribution in [0.15, 0.2) is 35.5 Å². The SMILES string of the molecule is N#C/C(=C/n1c(O)c(C=C2C=CC(=[N+]([O-])[O-])C=C2)sc1=S)C(N)=O. The topological polar surface area (TPSA) is 141 Å². The second-order valence-electron chi connectivity index (χ2n) is 4.44. The largest absolute Gasteiger partial charge is 0.612 e. The van der Waals surface area contributed by atoms with E-state index >= 15 is 0 Å². The zero-order valence-corrected chi connectivity index (χ0v) is 13.5. The molecule has 2 rings (SSSR count). The summed E-state index contributed by atoms with van der Waals surface area (Å²) in [5.41, 5.74) is 5.24. The summed E-state index contributed by atoms with van der Waals surface area (Å²) in [4.78, 5) is 10.9. The fourth-order valence-electron chi connectivity index (χ4n) is 1.72. The molecule has 1 amide bonds. The molecule has 0 unspecified atom stereocenters. The van der Waals surface area contributed by atoms with Crippen LogP contribution in [-0.2, 0) is 4.79 Å². The Morgan fingerprint density at radius 2 is 2.04 bits per heavy atom. The lowest BCUT2D eigenvalue weighted by atomic mass is 10.1. The summed E-state index contributed by atoms with van der Waals surface area (Å²) < 4.78 is 1.30. The average molecular weight is 361 g/mol. The predicted octanol–water partition coefficient (Wildman–Crippen LogP) is 1.79. The Balaban J connectivity index is 2.43. The van der Waals surface area contributed by atoms with Crippen LogP contribution in [0.5, 0.6) is 5.88 Å². The molecule has 0 atom stereocenters. The van der Waals surface area contributed by atoms with Gasteiger partial charge in [0.05, 0.1) is 4.88 Å². The van der Waals surface area contributed by atoms with Gasteiger partial charge < -0.3 is 21.3 Å². The summed E-state index contributed by atoms with van der Waals surface area (Å²) in [6, 6.07) is 1.62. The minimum absolute atomic E-state index is 0.0513. The van der Waals surface area contributed by atoms with Crippen molar-refractivity contribution in [1.82, 2.24) is 4.57 Å². The molecule has 0 aromatic carbocycles. The molecule has 0 aliphatic heterocycles. The van der Waals surface area contributed by atoms with Gasteiger partial charge in [0.1, 0.15) is 11.6 Å². The number of aromatic nitrogens is 1. The molecule has 3 N–H and O–H groups in total. The molecule has 1 heterocycles. The van der Waals surface area contributed by atoms with Crippen LogP contribution in [-0.4, -0.2) is 26.2 Å². The number of nitrogens with two attached hydrogens (primary N) is 1. The maximum atomic E-state index is 11.1. The monoisotopic (exact) mass is 361 g/mol. The zero-order valence-electron chi connectivity index (χ0n) is 11.9. The standard InChI is InChI=1S/C14H9N4O4S2/c15-6-9(12(16)19)7-17-13(20)11(24-14(17)23)5-8-1-3-10(4-2-8)18(21)22/h1-5,7H,(H3-,16,19,20,21,22)/q-1/b9-7-. The van der Waals surface area contributed by atoms with Crippen molar-refractivity contribution in [3.05, 3.63) is 54.7 Å². The van der Waals surface area contributed by atoms with E-state index in [-0.39, 0.29) is 21.1 Å². The number of hydrogen-bond acceptors (Lipinski definition) is 7. The Morgan fingerprint density at radius 3 is 2.54 bits per heavy atom. The van der Waals surface area contributed by atoms with Gasteiger partial charge in [0, 0.05) is 18.4 Å². The number of thiazole rings is 1. The van der Waals surface area contributed by atoms with Crippen LogP contribution in [0.3, 0.4) is 0 Å². The number of hydrogen-bond donors (Lipinski definition) is 2. The molecule has 0 bridgehead atoms. The number of nitriles is 1. The molecule has 0 fully saturated rings. The molecule has 24 heavy (non-hydrogen) atoms. The van der Waals surface area contributed by atoms with E-state index in [0.717, 1.165) is 22.1 Å². The number of carbonyl (C=O) groups excluding carboxylic acids is 1. The van der Waals surface area contributed by atoms with E-state index in [9.17, 15) is 20.3 Å². The number of carbonyl (C=O) groups is 1. The molecule has 0 radical (unpaired) electrons. The average Bonchev–Trinajstić information content (AvgIpc) is 2.79. The number of amides is 1. The molecular formula is C14H9N4O4S2-. The molecule has 0 saturated carbocycles. The smallest absolute Gasteiger partial charge is 0.260 e. The molecule has 0 spiro atoms. The van der Waals surface area contributed by atoms with Crippen molar-refractivity contribution in [3.8, 4) is 11.9 Å². The normalized spacial score (nSPS) is 13.7. The van der Waals surface area contributed by atoms with E-state index in [4.69, 9.17) is 23.2 Å². The number of aromatic hydroxyl groups is 1. The Morgan fingerprint density at radius 1 is 1.42 bits per heavy atom. The lowest BCUT2D eigenvalue weighted by Crippen LogP contribution is -2.13. The van der Waals surface area contributed by atoms with E-state index in [1.807, 2.05) is 0 Å². The summed E-state index contributed by atoms with van der Waals surface area (Å²) in [5, 5.41) is 40.3. The van der Waals surface area contributed by atoms with E-state index in [2.05, 4.69) is 0 Å². The molecule has 1 aliphatic carbocycles. The molecular weight excluding hydrogens is 352 g/mol. The predicted molar refractivity (Wildman–Crippen MR) is 92.1 cm³/mol. The van der Waals surface area contributed by atoms with Gasteiger partial charge in [0.15, 0.2) is 3.95 Å². The number of allylic oxidation sites excluding steroid dienone is 5. The summed E-state index contributed by atoms with van der Waals surface area (Å²) in [6.07, 6.45) is 8.33. The summed E-state index contributed by atoms with van der Waals surface area (Å²) in [5.74, 6) is -1.21. The van der Waals surface area contributed by atoms with Gasteiger partial charge in [0.25, 0.3) is 5.91 Å². The van der Waals surface area contributed by atoms with Crippen LogP contribution in [0.4, 0.5) is 0 Å². The fourth-order valence-corrected chi connectivity index (χ4v) is 2.94. The lowest BCUT2D eigenvalue weighted by molar-refractivity contribution is -0.377. The molecule has 122 valence electrons. The molecule has 10 heteroatoms. The Bertz CT molecular complexity index is 932. The maximum absolute atomic E-state index is 11.1. The Hall–Kier alpha value is -3.16. The highest BCUT2D eigenvalue weighted by molar-refractivity contribution is 7.73. The second-order valence-corrected chi connectivity index (χ2v) is 6.11. The zero-order chi connectivity index (χ0) is 17.9. The van der Waals surface area contributed by atoms with Gasteiger partial charge in [-0.25, -0.2) is 0 Å². The summed E-state index contributed by atoms with van der Waals surface area (Å²) >= 11 is 6.13. The van der Waals surface area contributed by atoms with E-state index in [1.54, 1.807) is 12.1 Å². The van der Waals surface area contributed by atoms with E-state index in [1.165, 1.54) is 24.3 Å². The molecule has 8 nitrogen and oxygen atoms in total. The van der Waals surface area contributed by atoms with Gasteiger partial charge in [-0.15, -0.1) is 11.3 Å². The second kappa shape index (κ2) is 6.95. The summed E-state index contributed by atoms with van der Waals surface area (Å²) in [6.45, 7) is 0. The van der Waals surface area contributed by atoms with Gasteiger partial charge in [-0.05, 0) is 36.0 Å². The summed E-state index contributed by atoms with van der Waals surface area (Å²) in [7, 11) is 0. The quantitative estimate of drug-likeness (QED) is 0.276. The third-order valence-corrected chi connectivity index (χ3v) is 4.23. The van der Waals surface area contributed by atoms with Crippen LogP contribution >= 0.6 is 23.6 Å². The van der Waals surface area contributed by atoms with Gasteiger partial charge in [-0.2, -0.15) is 10.2 Å². The van der Waals surface area contributed by atoms with Gasteiger partial charge in [-0.1, -0.05) is 0 Å². The van der Waals surface area contributed by atoms with Crippen molar-refractivity contribution >= 4 is 47.4 Å². The van der Waals surface area contributed by atoms with Crippen molar-refractivity contribution in [3.63, 3.8) is 0 Å². The minimum atomic E-state index is -0.939. The first-order valence-corrected chi connectivity index (χ1v) is 7.51. The third kappa shape index (κ3) is 3.60. The molecule has 1 aliphatic rings. The minimum Gasteiger partial charge on any atom is -0.612 e. The number of primary amides is 1. The number of rotatable bonds is 3. The van der Waals surface area contributed by atoms with Gasteiger partial charge >= 0.3 is 0 Å². The Labute approximate surface area is 144 Å². The van der Waals surface area contributed by atoms with Crippen molar-refractivity contribution in [2.45, 2.75) is 0 Å². The fraction of sp³-hybridized carbons (Fsp3) is 0. The van der Waals surface area contributed by atoms with E-state index < -0.39 is 10.8 Å². The highest BCUT2D eigenvalue weighted by atomic mass is 32.1. The van der Waals surface area contributed by atoms with Crippen LogP contribution in [0.25, 0.3) is 12.3 Å². The highest BCUT2D eigenvalue weighted by Gasteiger charge is 2.12. The van der Waals surface area contributed by atoms with Crippen LogP contribution in [0.1, 0.15) is 4.88 Å². The first kappa shape index (κ1) is 17.2. The van der Waals surface area contributed by atoms with Crippen molar-refractivity contribution < 1.29 is 14.8 Å². The van der Waals surface area contributed by atoms with Gasteiger partial charge in [-0.3, -0.25) is 9.36 Å². The van der Waals surface area contributed by atoms with Crippen molar-refractivity contribution in [1.29, 1.82) is 5.26 Å². The van der Waals surface area contributed by atoms with Crippen molar-refractivity contribution in [2.24, 2.45) is 5.73 Å². The third-order valence-electron chi connectivity index (χ3n) is 2.89. The van der Waals surface area contributed by atoms with Gasteiger partial charge in [0.2, 0.25) is 11.6 Å². The van der Waals surface area contributed by atoms with E-state index in [0.29, 0.717) is 10.5 Å². The molecule has 0 saturated heterocycles. The first-order chi connectivity index (χ1) is 11.3. The molecule has 1 aromatic heterocycles. The maximum Gasteiger partial charge on any atom is 0.260 e. The molecule has 1 aromatic rings. The van der Waals surface area contributed by atoms with Crippen LogP contribution < -0.4 is 5.73 Å². The van der Waals surface area contributed by atoms with Crippen LogP contribution in [0.2, 0.25) is 0 Å². The highest BCUT2D eigenvalue weighted by Crippen LogP contribution is 2.30. The lowest BCUT2D eigenvalue weighted by Gasteiger charge is -2.07. The van der Waals surface area contributed by atoms with Crippen LogP contribution in [0, 0.1) is 25.7 Å². The van der Waals surface area contributed by atoms with Crippen molar-refractivity contribution in [2.75, 3.05) is 0 Å². The Kier molecular flexibility index (Phi) is 4.98. The number of nitrogens with zero attached hydrogens (tertiary/aromatic N) is 3.